The third-order valence-corrected chi connectivity index (χ3v) is 3.84. The summed E-state index contributed by atoms with van der Waals surface area (Å²) in [4.78, 5) is 14.2. The number of benzene rings is 2. The third-order valence-electron chi connectivity index (χ3n) is 3.84. The van der Waals surface area contributed by atoms with Gasteiger partial charge in [0.15, 0.2) is 0 Å². The fourth-order valence-corrected chi connectivity index (χ4v) is 2.61. The van der Waals surface area contributed by atoms with Crippen LogP contribution in [0.4, 0.5) is 0 Å². The predicted molar refractivity (Wildman–Crippen MR) is 93.0 cm³/mol. The molecule has 1 saturated heterocycles. The molecule has 0 saturated carbocycles. The molecule has 2 N–H and O–H groups in total. The molecule has 5 heteroatoms. The van der Waals surface area contributed by atoms with Gasteiger partial charge in [-0.2, -0.15) is 0 Å². The first-order valence-electron chi connectivity index (χ1n) is 7.54. The van der Waals surface area contributed by atoms with Gasteiger partial charge in [0.1, 0.15) is 12.4 Å². The molecule has 0 aromatic heterocycles. The van der Waals surface area contributed by atoms with Crippen molar-refractivity contribution >= 4 is 18.3 Å². The highest BCUT2D eigenvalue weighted by Gasteiger charge is 2.24. The van der Waals surface area contributed by atoms with Gasteiger partial charge >= 0.3 is 0 Å². The van der Waals surface area contributed by atoms with Gasteiger partial charge in [-0.25, -0.2) is 0 Å². The minimum atomic E-state index is 0. The first kappa shape index (κ1) is 17.3. The lowest BCUT2D eigenvalue weighted by Gasteiger charge is -2.16. The molecule has 1 amide bonds. The van der Waals surface area contributed by atoms with Gasteiger partial charge in [-0.3, -0.25) is 4.79 Å². The second-order valence-corrected chi connectivity index (χ2v) is 5.60. The summed E-state index contributed by atoms with van der Waals surface area (Å²) in [6.07, 6.45) is 0.871. The molecule has 0 aliphatic carbocycles. The van der Waals surface area contributed by atoms with Crippen LogP contribution < -0.4 is 10.5 Å². The molecule has 4 nitrogen and oxygen atoms in total. The Balaban J connectivity index is 0.00000192. The van der Waals surface area contributed by atoms with Crippen LogP contribution in [-0.2, 0) is 6.61 Å². The number of nitrogens with zero attached hydrogens (tertiary/aromatic N) is 1. The van der Waals surface area contributed by atoms with E-state index in [1.807, 2.05) is 48.5 Å². The smallest absolute Gasteiger partial charge is 0.254 e. The molecular formula is C18H21ClN2O2. The average Bonchev–Trinajstić information content (AvgIpc) is 3.00. The maximum absolute atomic E-state index is 12.4. The Morgan fingerprint density at radius 3 is 2.65 bits per heavy atom. The van der Waals surface area contributed by atoms with Crippen molar-refractivity contribution < 1.29 is 9.53 Å². The molecule has 1 fully saturated rings. The second kappa shape index (κ2) is 7.99. The Morgan fingerprint density at radius 1 is 1.17 bits per heavy atom. The summed E-state index contributed by atoms with van der Waals surface area (Å²) in [6.45, 7) is 1.86. The summed E-state index contributed by atoms with van der Waals surface area (Å²) in [5, 5.41) is 0. The largest absolute Gasteiger partial charge is 0.489 e. The van der Waals surface area contributed by atoms with Gasteiger partial charge in [-0.15, -0.1) is 12.4 Å². The van der Waals surface area contributed by atoms with Crippen molar-refractivity contribution in [3.8, 4) is 5.75 Å². The van der Waals surface area contributed by atoms with E-state index in [1.165, 1.54) is 0 Å². The van der Waals surface area contributed by atoms with Crippen LogP contribution in [0.1, 0.15) is 22.3 Å². The first-order valence-corrected chi connectivity index (χ1v) is 7.54. The minimum Gasteiger partial charge on any atom is -0.489 e. The molecule has 1 unspecified atom stereocenters. The van der Waals surface area contributed by atoms with Crippen LogP contribution >= 0.6 is 12.4 Å². The number of amides is 1. The summed E-state index contributed by atoms with van der Waals surface area (Å²) in [5.74, 6) is 0.733. The highest BCUT2D eigenvalue weighted by Crippen LogP contribution is 2.18. The monoisotopic (exact) mass is 332 g/mol. The Kier molecular flexibility index (Phi) is 6.02. The van der Waals surface area contributed by atoms with Crippen LogP contribution in [0, 0.1) is 0 Å². The molecule has 0 bridgehead atoms. The van der Waals surface area contributed by atoms with Crippen LogP contribution in [0.25, 0.3) is 0 Å². The number of ether oxygens (including phenoxy) is 1. The SMILES string of the molecule is Cl.NC1CCN(C(=O)c2cccc(OCc3ccccc3)c2)C1. The summed E-state index contributed by atoms with van der Waals surface area (Å²) < 4.78 is 5.77. The number of rotatable bonds is 4. The first-order chi connectivity index (χ1) is 10.7. The van der Waals surface area contributed by atoms with E-state index in [2.05, 4.69) is 0 Å². The molecule has 1 atom stereocenters. The molecule has 1 aliphatic heterocycles. The molecular weight excluding hydrogens is 312 g/mol. The van der Waals surface area contributed by atoms with Crippen molar-refractivity contribution in [1.82, 2.24) is 4.90 Å². The van der Waals surface area contributed by atoms with Gasteiger partial charge in [0.2, 0.25) is 0 Å². The van der Waals surface area contributed by atoms with E-state index in [1.54, 1.807) is 11.0 Å². The van der Waals surface area contributed by atoms with Crippen molar-refractivity contribution in [3.63, 3.8) is 0 Å². The Morgan fingerprint density at radius 2 is 1.96 bits per heavy atom. The lowest BCUT2D eigenvalue weighted by molar-refractivity contribution is 0.0790. The fourth-order valence-electron chi connectivity index (χ4n) is 2.61. The summed E-state index contributed by atoms with van der Waals surface area (Å²) in [6, 6.07) is 17.4. The second-order valence-electron chi connectivity index (χ2n) is 5.60. The van der Waals surface area contributed by atoms with E-state index < -0.39 is 0 Å². The average molecular weight is 333 g/mol. The van der Waals surface area contributed by atoms with Gasteiger partial charge in [-0.05, 0) is 30.2 Å². The van der Waals surface area contributed by atoms with E-state index in [4.69, 9.17) is 10.5 Å². The number of halogens is 1. The van der Waals surface area contributed by atoms with Crippen molar-refractivity contribution in [1.29, 1.82) is 0 Å². The van der Waals surface area contributed by atoms with Gasteiger partial charge in [-0.1, -0.05) is 36.4 Å². The van der Waals surface area contributed by atoms with Crippen LogP contribution in [0.2, 0.25) is 0 Å². The van der Waals surface area contributed by atoms with E-state index in [-0.39, 0.29) is 24.4 Å². The van der Waals surface area contributed by atoms with E-state index in [0.29, 0.717) is 24.5 Å². The predicted octanol–water partition coefficient (Wildman–Crippen LogP) is 2.86. The lowest BCUT2D eigenvalue weighted by Crippen LogP contribution is -2.31. The molecule has 0 radical (unpaired) electrons. The van der Waals surface area contributed by atoms with Gasteiger partial charge in [0.25, 0.3) is 5.91 Å². The minimum absolute atomic E-state index is 0. The van der Waals surface area contributed by atoms with Crippen LogP contribution in [-0.4, -0.2) is 29.9 Å². The maximum Gasteiger partial charge on any atom is 0.254 e. The Labute approximate surface area is 142 Å². The van der Waals surface area contributed by atoms with Gasteiger partial charge < -0.3 is 15.4 Å². The number of nitrogens with two attached hydrogens (primary N) is 1. The number of hydrogen-bond donors (Lipinski definition) is 1. The van der Waals surface area contributed by atoms with Crippen molar-refractivity contribution in [2.45, 2.75) is 19.1 Å². The quantitative estimate of drug-likeness (QED) is 0.936. The number of carbonyl (C=O) groups is 1. The van der Waals surface area contributed by atoms with E-state index >= 15 is 0 Å². The zero-order valence-corrected chi connectivity index (χ0v) is 13.7. The molecule has 2 aromatic rings. The third kappa shape index (κ3) is 4.47. The van der Waals surface area contributed by atoms with E-state index in [9.17, 15) is 4.79 Å². The topological polar surface area (TPSA) is 55.6 Å². The Bertz CT molecular complexity index is 648. The van der Waals surface area contributed by atoms with Crippen molar-refractivity contribution in [2.24, 2.45) is 5.73 Å². The van der Waals surface area contributed by atoms with Crippen molar-refractivity contribution in [2.75, 3.05) is 13.1 Å². The fraction of sp³-hybridized carbons (Fsp3) is 0.278. The lowest BCUT2D eigenvalue weighted by atomic mass is 10.2. The van der Waals surface area contributed by atoms with Crippen LogP contribution in [0.5, 0.6) is 5.75 Å². The summed E-state index contributed by atoms with van der Waals surface area (Å²) >= 11 is 0. The van der Waals surface area contributed by atoms with Crippen molar-refractivity contribution in [3.05, 3.63) is 65.7 Å². The van der Waals surface area contributed by atoms with Gasteiger partial charge in [0.05, 0.1) is 0 Å². The van der Waals surface area contributed by atoms with Crippen LogP contribution in [0.15, 0.2) is 54.6 Å². The standard InChI is InChI=1S/C18H20N2O2.ClH/c19-16-9-10-20(12-16)18(21)15-7-4-8-17(11-15)22-13-14-5-2-1-3-6-14;/h1-8,11,16H,9-10,12-13,19H2;1H. The summed E-state index contributed by atoms with van der Waals surface area (Å²) in [5.41, 5.74) is 7.62. The highest BCUT2D eigenvalue weighted by atomic mass is 35.5. The molecule has 1 heterocycles. The Hall–Kier alpha value is -2.04. The zero-order valence-electron chi connectivity index (χ0n) is 12.9. The molecule has 23 heavy (non-hydrogen) atoms. The van der Waals surface area contributed by atoms with Crippen LogP contribution in [0.3, 0.4) is 0 Å². The number of likely N-dealkylation sites (tertiary alicyclic amines) is 1. The molecule has 2 aromatic carbocycles. The number of hydrogen-bond acceptors (Lipinski definition) is 3. The highest BCUT2D eigenvalue weighted by molar-refractivity contribution is 5.94. The number of carbonyl (C=O) groups excluding carboxylic acids is 1. The molecule has 3 rings (SSSR count). The molecule has 122 valence electrons. The zero-order chi connectivity index (χ0) is 15.4. The molecule has 1 aliphatic rings. The maximum atomic E-state index is 12.4. The normalized spacial score (nSPS) is 16.7. The summed E-state index contributed by atoms with van der Waals surface area (Å²) in [7, 11) is 0. The molecule has 0 spiro atoms. The van der Waals surface area contributed by atoms with Gasteiger partial charge in [0, 0.05) is 24.7 Å². The van der Waals surface area contributed by atoms with E-state index in [0.717, 1.165) is 18.5 Å².